The summed E-state index contributed by atoms with van der Waals surface area (Å²) in [4.78, 5) is 63.9. The topological polar surface area (TPSA) is 297 Å². The molecule has 0 aliphatic carbocycles. The minimum Gasteiger partial charge on any atom is -0.494 e. The summed E-state index contributed by atoms with van der Waals surface area (Å²) in [5, 5.41) is 76.5. The highest BCUT2D eigenvalue weighted by Gasteiger charge is 2.34. The van der Waals surface area contributed by atoms with Crippen LogP contribution in [-0.2, 0) is 9.59 Å². The van der Waals surface area contributed by atoms with E-state index in [9.17, 15) is 44.5 Å². The Bertz CT molecular complexity index is 1270. The predicted molar refractivity (Wildman–Crippen MR) is 125 cm³/mol. The largest absolute Gasteiger partial charge is 0.494 e. The molecule has 39 heavy (non-hydrogen) atoms. The number of aldehydes is 1. The Morgan fingerprint density at radius 2 is 1.59 bits per heavy atom. The summed E-state index contributed by atoms with van der Waals surface area (Å²) in [7, 11) is 1.23. The zero-order valence-electron chi connectivity index (χ0n) is 19.6. The van der Waals surface area contributed by atoms with Crippen LogP contribution in [0.2, 0.25) is 0 Å². The summed E-state index contributed by atoms with van der Waals surface area (Å²) >= 11 is 0. The number of carboxylic acid groups (broad SMARTS) is 2. The number of nitrogens with zero attached hydrogens (tertiary/aromatic N) is 2. The molecule has 0 aliphatic rings. The number of amides is 1. The molecule has 18 heteroatoms. The van der Waals surface area contributed by atoms with Gasteiger partial charge in [-0.3, -0.25) is 25.0 Å². The number of carbonyl (C=O) groups excluding carboxylic acids is 2. The van der Waals surface area contributed by atoms with Gasteiger partial charge in [-0.05, 0) is 12.1 Å². The van der Waals surface area contributed by atoms with Gasteiger partial charge in [0.15, 0.2) is 12.4 Å². The van der Waals surface area contributed by atoms with Crippen molar-refractivity contribution in [2.75, 3.05) is 12.4 Å². The Morgan fingerprint density at radius 3 is 2.05 bits per heavy atom. The lowest BCUT2D eigenvalue weighted by Crippen LogP contribution is -2.48. The SMILES string of the molecule is COc1cc([N+](=O)[O-])ccc1NC(=O)c1cccc([N+](=O)[O-])c1C(=O)O.O=C[C@H](O)[C@@H](O)[C@H](O)[C@H](O)C(=O)O. The molecule has 0 aromatic heterocycles. The molecule has 2 aromatic carbocycles. The van der Waals surface area contributed by atoms with Crippen molar-refractivity contribution in [2.45, 2.75) is 24.4 Å². The first-order valence-electron chi connectivity index (χ1n) is 10.2. The van der Waals surface area contributed by atoms with Gasteiger partial charge >= 0.3 is 11.9 Å². The smallest absolute Gasteiger partial charge is 0.343 e. The van der Waals surface area contributed by atoms with Crippen LogP contribution >= 0.6 is 0 Å². The monoisotopic (exact) mass is 555 g/mol. The Morgan fingerprint density at radius 1 is 0.974 bits per heavy atom. The number of hydrogen-bond acceptors (Lipinski definition) is 13. The summed E-state index contributed by atoms with van der Waals surface area (Å²) in [6.07, 6.45) is -8.39. The Hall–Kier alpha value is -5.04. The second-order valence-electron chi connectivity index (χ2n) is 7.25. The van der Waals surface area contributed by atoms with E-state index in [-0.39, 0.29) is 23.4 Å². The molecule has 4 atom stereocenters. The number of aromatic carboxylic acids is 1. The molecule has 210 valence electrons. The van der Waals surface area contributed by atoms with Gasteiger partial charge in [0.2, 0.25) is 0 Å². The number of methoxy groups -OCH3 is 1. The van der Waals surface area contributed by atoms with Crippen LogP contribution in [0.5, 0.6) is 5.75 Å². The predicted octanol–water partition coefficient (Wildman–Crippen LogP) is -0.824. The molecule has 0 spiro atoms. The van der Waals surface area contributed by atoms with Gasteiger partial charge in [0.25, 0.3) is 17.3 Å². The second kappa shape index (κ2) is 14.0. The molecule has 0 saturated heterocycles. The van der Waals surface area contributed by atoms with Crippen molar-refractivity contribution in [2.24, 2.45) is 0 Å². The summed E-state index contributed by atoms with van der Waals surface area (Å²) in [5.74, 6) is -4.38. The molecule has 0 unspecified atom stereocenters. The number of non-ortho nitro benzene ring substituents is 1. The molecule has 0 fully saturated rings. The standard InChI is InChI=1S/C15H11N3O8.C6H10O7/c1-26-12-7-8(17(22)23)5-6-10(12)16-14(19)9-3-2-4-11(18(24)25)13(9)15(20)21;7-1-2(8)3(9)4(10)5(11)6(12)13/h2-7H,1H3,(H,16,19)(H,20,21);1-5,8-11H,(H,12,13)/t;2-,3+,4-,5-/m.0/s1. The Labute approximate surface area is 216 Å². The second-order valence-corrected chi connectivity index (χ2v) is 7.25. The molecule has 1 amide bonds. The first-order chi connectivity index (χ1) is 18.2. The van der Waals surface area contributed by atoms with Gasteiger partial charge in [0.05, 0.1) is 34.3 Å². The van der Waals surface area contributed by atoms with Crippen molar-refractivity contribution >= 4 is 41.2 Å². The van der Waals surface area contributed by atoms with Crippen molar-refractivity contribution in [3.63, 3.8) is 0 Å². The first-order valence-corrected chi connectivity index (χ1v) is 10.2. The third kappa shape index (κ3) is 8.23. The van der Waals surface area contributed by atoms with Crippen LogP contribution in [0.3, 0.4) is 0 Å². The maximum absolute atomic E-state index is 12.4. The lowest BCUT2D eigenvalue weighted by molar-refractivity contribution is -0.385. The van der Waals surface area contributed by atoms with E-state index in [0.717, 1.165) is 24.3 Å². The van der Waals surface area contributed by atoms with Crippen molar-refractivity contribution in [1.82, 2.24) is 0 Å². The van der Waals surface area contributed by atoms with Crippen LogP contribution in [0.25, 0.3) is 0 Å². The Kier molecular flexibility index (Phi) is 11.5. The zero-order valence-corrected chi connectivity index (χ0v) is 19.6. The molecule has 0 radical (unpaired) electrons. The highest BCUT2D eigenvalue weighted by molar-refractivity contribution is 6.12. The molecular formula is C21H21N3O15. The van der Waals surface area contributed by atoms with E-state index in [2.05, 4.69) is 5.32 Å². The van der Waals surface area contributed by atoms with E-state index in [1.54, 1.807) is 0 Å². The van der Waals surface area contributed by atoms with Crippen LogP contribution in [0.1, 0.15) is 20.7 Å². The zero-order chi connectivity index (χ0) is 30.0. The summed E-state index contributed by atoms with van der Waals surface area (Å²) in [5.41, 5.74) is -2.18. The minimum atomic E-state index is -2.25. The van der Waals surface area contributed by atoms with E-state index in [4.69, 9.17) is 30.3 Å². The number of aliphatic carboxylic acids is 1. The van der Waals surface area contributed by atoms with Gasteiger partial charge in [0.1, 0.15) is 29.6 Å². The number of nitro benzene ring substituents is 2. The van der Waals surface area contributed by atoms with Crippen molar-refractivity contribution < 1.29 is 64.4 Å². The van der Waals surface area contributed by atoms with Gasteiger partial charge < -0.3 is 45.5 Å². The number of benzene rings is 2. The third-order valence-corrected chi connectivity index (χ3v) is 4.76. The van der Waals surface area contributed by atoms with E-state index in [0.29, 0.717) is 0 Å². The fourth-order valence-electron chi connectivity index (χ4n) is 2.81. The Balaban J connectivity index is 0.000000495. The molecular weight excluding hydrogens is 534 g/mol. The average molecular weight is 555 g/mol. The lowest BCUT2D eigenvalue weighted by atomic mass is 10.0. The number of nitrogens with one attached hydrogen (secondary N) is 1. The lowest BCUT2D eigenvalue weighted by Gasteiger charge is -2.21. The number of rotatable bonds is 11. The first kappa shape index (κ1) is 32.0. The number of carbonyl (C=O) groups is 4. The van der Waals surface area contributed by atoms with Crippen LogP contribution in [0, 0.1) is 20.2 Å². The van der Waals surface area contributed by atoms with E-state index in [1.807, 2.05) is 0 Å². The summed E-state index contributed by atoms with van der Waals surface area (Å²) in [6.45, 7) is 0. The minimum absolute atomic E-state index is 0.0325. The van der Waals surface area contributed by atoms with E-state index >= 15 is 0 Å². The molecule has 0 bridgehead atoms. The normalized spacial score (nSPS) is 13.4. The molecule has 0 heterocycles. The van der Waals surface area contributed by atoms with E-state index < -0.39 is 68.9 Å². The number of hydrogen-bond donors (Lipinski definition) is 7. The van der Waals surface area contributed by atoms with Crippen LogP contribution < -0.4 is 10.1 Å². The number of aliphatic hydroxyl groups excluding tert-OH is 4. The maximum atomic E-state index is 12.4. The fraction of sp³-hybridized carbons (Fsp3) is 0.238. The molecule has 18 nitrogen and oxygen atoms in total. The van der Waals surface area contributed by atoms with Gasteiger partial charge in [-0.2, -0.15) is 0 Å². The van der Waals surface area contributed by atoms with Gasteiger partial charge in [0, 0.05) is 12.1 Å². The number of aliphatic hydroxyl groups is 4. The number of anilines is 1. The molecule has 0 saturated carbocycles. The van der Waals surface area contributed by atoms with Crippen LogP contribution in [0.15, 0.2) is 36.4 Å². The molecule has 2 rings (SSSR count). The number of nitro groups is 2. The molecule has 7 N–H and O–H groups in total. The highest BCUT2D eigenvalue weighted by Crippen LogP contribution is 2.30. The average Bonchev–Trinajstić information content (AvgIpc) is 2.90. The van der Waals surface area contributed by atoms with Crippen LogP contribution in [-0.4, -0.2) is 96.1 Å². The summed E-state index contributed by atoms with van der Waals surface area (Å²) < 4.78 is 4.97. The third-order valence-electron chi connectivity index (χ3n) is 4.76. The highest BCUT2D eigenvalue weighted by atomic mass is 16.6. The van der Waals surface area contributed by atoms with Gasteiger partial charge in [-0.1, -0.05) is 6.07 Å². The van der Waals surface area contributed by atoms with Crippen molar-refractivity contribution in [1.29, 1.82) is 0 Å². The van der Waals surface area contributed by atoms with E-state index in [1.165, 1.54) is 19.2 Å². The maximum Gasteiger partial charge on any atom is 0.343 e. The van der Waals surface area contributed by atoms with Crippen molar-refractivity contribution in [3.8, 4) is 5.75 Å². The quantitative estimate of drug-likeness (QED) is 0.101. The van der Waals surface area contributed by atoms with Crippen molar-refractivity contribution in [3.05, 3.63) is 67.8 Å². The van der Waals surface area contributed by atoms with Gasteiger partial charge in [-0.15, -0.1) is 0 Å². The fourth-order valence-corrected chi connectivity index (χ4v) is 2.81. The number of carboxylic acids is 2. The summed E-state index contributed by atoms with van der Waals surface area (Å²) in [6, 6.07) is 6.64. The van der Waals surface area contributed by atoms with Crippen LogP contribution in [0.4, 0.5) is 17.1 Å². The number of ether oxygens (including phenoxy) is 1. The molecule has 0 aliphatic heterocycles. The van der Waals surface area contributed by atoms with Gasteiger partial charge in [-0.25, -0.2) is 9.59 Å². The molecule has 2 aromatic rings.